The van der Waals surface area contributed by atoms with Crippen molar-refractivity contribution in [2.24, 2.45) is 5.73 Å². The number of hydrogen-bond donors (Lipinski definition) is 1. The van der Waals surface area contributed by atoms with Crippen LogP contribution in [-0.4, -0.2) is 37.0 Å². The molecule has 2 heterocycles. The lowest BCUT2D eigenvalue weighted by molar-refractivity contribution is 0.363. The number of hydrogen-bond acceptors (Lipinski definition) is 7. The number of anilines is 1. The molecule has 1 fully saturated rings. The van der Waals surface area contributed by atoms with Crippen LogP contribution in [0.4, 0.5) is 9.70 Å². The molecule has 0 aliphatic carbocycles. The van der Waals surface area contributed by atoms with Crippen LogP contribution in [0.1, 0.15) is 19.8 Å². The van der Waals surface area contributed by atoms with Crippen molar-refractivity contribution < 1.29 is 12.3 Å². The van der Waals surface area contributed by atoms with Gasteiger partial charge in [-0.3, -0.25) is 0 Å². The maximum atomic E-state index is 13.3. The molecule has 0 spiro atoms. The number of halogens is 2. The molecule has 0 amide bonds. The summed E-state index contributed by atoms with van der Waals surface area (Å²) in [5.74, 6) is 0.760. The van der Waals surface area contributed by atoms with Gasteiger partial charge in [0.2, 0.25) is 0 Å². The van der Waals surface area contributed by atoms with Crippen molar-refractivity contribution in [3.05, 3.63) is 35.6 Å². The van der Waals surface area contributed by atoms with E-state index in [2.05, 4.69) is 14.9 Å². The van der Waals surface area contributed by atoms with Gasteiger partial charge in [0.05, 0.1) is 17.4 Å². The molecule has 0 saturated carbocycles. The lowest BCUT2D eigenvalue weighted by atomic mass is 9.91. The second-order valence-electron chi connectivity index (χ2n) is 6.46. The highest BCUT2D eigenvalue weighted by atomic mass is 35.5. The van der Waals surface area contributed by atoms with Crippen LogP contribution < -0.4 is 10.6 Å². The zero-order valence-electron chi connectivity index (χ0n) is 14.0. The minimum atomic E-state index is -4.88. The van der Waals surface area contributed by atoms with Gasteiger partial charge in [-0.1, -0.05) is 29.4 Å². The third-order valence-corrected chi connectivity index (χ3v) is 6.73. The molecule has 26 heavy (non-hydrogen) atoms. The van der Waals surface area contributed by atoms with Crippen LogP contribution in [0, 0.1) is 0 Å². The van der Waals surface area contributed by atoms with Gasteiger partial charge in [-0.2, -0.15) is 8.42 Å². The maximum Gasteiger partial charge on any atom is 0.333 e. The van der Waals surface area contributed by atoms with Gasteiger partial charge < -0.3 is 10.6 Å². The molecular weight excluding hydrogens is 399 g/mol. The maximum absolute atomic E-state index is 13.3. The summed E-state index contributed by atoms with van der Waals surface area (Å²) in [5, 5.41) is 0.369. The SMILES string of the molecule is CC1(N)CCN(c2cnc(Sc3cccc(S(=O)(=O)F)c3Cl)cn2)CC1. The van der Waals surface area contributed by atoms with Crippen LogP contribution in [0.3, 0.4) is 0 Å². The molecule has 2 N–H and O–H groups in total. The molecule has 0 atom stereocenters. The first-order valence-corrected chi connectivity index (χ1v) is 10.5. The standard InChI is InChI=1S/C16H18ClFN4O2S2/c1-16(19)5-7-22(8-6-16)13-9-21-14(10-20-13)25-11-3-2-4-12(15(11)17)26(18,23)24/h2-4,9-10H,5-8,19H2,1H3. The average Bonchev–Trinajstić information content (AvgIpc) is 2.56. The topological polar surface area (TPSA) is 89.2 Å². The highest BCUT2D eigenvalue weighted by Gasteiger charge is 2.26. The Morgan fingerprint density at radius 1 is 1.27 bits per heavy atom. The predicted octanol–water partition coefficient (Wildman–Crippen LogP) is 3.26. The quantitative estimate of drug-likeness (QED) is 0.765. The molecule has 0 radical (unpaired) electrons. The molecule has 1 aromatic heterocycles. The Balaban J connectivity index is 1.75. The first kappa shape index (κ1) is 19.3. The van der Waals surface area contributed by atoms with E-state index in [4.69, 9.17) is 17.3 Å². The van der Waals surface area contributed by atoms with E-state index in [-0.39, 0.29) is 10.6 Å². The van der Waals surface area contributed by atoms with Crippen LogP contribution in [0.2, 0.25) is 5.02 Å². The molecule has 10 heteroatoms. The van der Waals surface area contributed by atoms with Gasteiger partial charge in [0.15, 0.2) is 0 Å². The fraction of sp³-hybridized carbons (Fsp3) is 0.375. The third kappa shape index (κ3) is 4.46. The largest absolute Gasteiger partial charge is 0.355 e. The number of benzene rings is 1. The lowest BCUT2D eigenvalue weighted by Gasteiger charge is -2.37. The van der Waals surface area contributed by atoms with Crippen molar-refractivity contribution in [1.29, 1.82) is 0 Å². The van der Waals surface area contributed by atoms with E-state index in [1.54, 1.807) is 18.5 Å². The monoisotopic (exact) mass is 416 g/mol. The Morgan fingerprint density at radius 2 is 1.96 bits per heavy atom. The summed E-state index contributed by atoms with van der Waals surface area (Å²) in [6.07, 6.45) is 5.00. The first-order valence-electron chi connectivity index (χ1n) is 7.93. The Labute approximate surface area is 161 Å². The molecule has 1 saturated heterocycles. The second kappa shape index (κ2) is 7.30. The molecular formula is C16H18ClFN4O2S2. The molecule has 1 aromatic carbocycles. The van der Waals surface area contributed by atoms with Crippen LogP contribution in [0.15, 0.2) is 45.4 Å². The highest BCUT2D eigenvalue weighted by Crippen LogP contribution is 2.36. The molecule has 1 aliphatic heterocycles. The van der Waals surface area contributed by atoms with Gasteiger partial charge in [0.25, 0.3) is 0 Å². The Kier molecular flexibility index (Phi) is 5.43. The lowest BCUT2D eigenvalue weighted by Crippen LogP contribution is -2.48. The van der Waals surface area contributed by atoms with Crippen molar-refractivity contribution >= 4 is 39.4 Å². The molecule has 0 unspecified atom stereocenters. The van der Waals surface area contributed by atoms with Gasteiger partial charge in [0.1, 0.15) is 15.7 Å². The Hall–Kier alpha value is -1.42. The fourth-order valence-corrected chi connectivity index (χ4v) is 4.57. The predicted molar refractivity (Wildman–Crippen MR) is 99.9 cm³/mol. The van der Waals surface area contributed by atoms with E-state index in [1.807, 2.05) is 6.92 Å². The van der Waals surface area contributed by atoms with Gasteiger partial charge in [-0.25, -0.2) is 9.97 Å². The highest BCUT2D eigenvalue weighted by molar-refractivity contribution is 7.99. The smallest absolute Gasteiger partial charge is 0.333 e. The molecule has 6 nitrogen and oxygen atoms in total. The van der Waals surface area contributed by atoms with E-state index in [0.29, 0.717) is 9.92 Å². The van der Waals surface area contributed by atoms with Crippen molar-refractivity contribution in [2.75, 3.05) is 18.0 Å². The van der Waals surface area contributed by atoms with Crippen LogP contribution in [0.5, 0.6) is 0 Å². The molecule has 140 valence electrons. The van der Waals surface area contributed by atoms with E-state index >= 15 is 0 Å². The summed E-state index contributed by atoms with van der Waals surface area (Å²) >= 11 is 7.14. The normalized spacial score (nSPS) is 17.3. The van der Waals surface area contributed by atoms with Gasteiger partial charge in [-0.15, -0.1) is 3.89 Å². The third-order valence-electron chi connectivity index (χ3n) is 4.25. The van der Waals surface area contributed by atoms with E-state index < -0.39 is 15.1 Å². The summed E-state index contributed by atoms with van der Waals surface area (Å²) in [5.41, 5.74) is 6.00. The molecule has 0 bridgehead atoms. The summed E-state index contributed by atoms with van der Waals surface area (Å²) < 4.78 is 35.5. The van der Waals surface area contributed by atoms with Crippen LogP contribution >= 0.6 is 23.4 Å². The Morgan fingerprint density at radius 3 is 2.54 bits per heavy atom. The van der Waals surface area contributed by atoms with Crippen molar-refractivity contribution in [3.8, 4) is 0 Å². The number of rotatable bonds is 4. The summed E-state index contributed by atoms with van der Waals surface area (Å²) in [6.45, 7) is 3.68. The summed E-state index contributed by atoms with van der Waals surface area (Å²) in [6, 6.07) is 4.15. The zero-order chi connectivity index (χ0) is 18.9. The average molecular weight is 417 g/mol. The van der Waals surface area contributed by atoms with Crippen molar-refractivity contribution in [1.82, 2.24) is 9.97 Å². The molecule has 1 aliphatic rings. The number of nitrogens with two attached hydrogens (primary N) is 1. The van der Waals surface area contributed by atoms with Gasteiger partial charge in [-0.05, 0) is 31.9 Å². The van der Waals surface area contributed by atoms with Crippen molar-refractivity contribution in [2.45, 2.75) is 40.1 Å². The van der Waals surface area contributed by atoms with Crippen LogP contribution in [-0.2, 0) is 10.2 Å². The summed E-state index contributed by atoms with van der Waals surface area (Å²) in [4.78, 5) is 10.7. The van der Waals surface area contributed by atoms with E-state index in [9.17, 15) is 12.3 Å². The van der Waals surface area contributed by atoms with Gasteiger partial charge in [0, 0.05) is 23.5 Å². The Bertz CT molecular complexity index is 897. The second-order valence-corrected chi connectivity index (χ2v) is 9.22. The first-order chi connectivity index (χ1) is 12.2. The zero-order valence-corrected chi connectivity index (χ0v) is 16.4. The number of aromatic nitrogens is 2. The fourth-order valence-electron chi connectivity index (χ4n) is 2.64. The van der Waals surface area contributed by atoms with Gasteiger partial charge >= 0.3 is 10.2 Å². The van der Waals surface area contributed by atoms with E-state index in [0.717, 1.165) is 49.6 Å². The minimum Gasteiger partial charge on any atom is -0.355 e. The molecule has 3 rings (SSSR count). The molecule has 2 aromatic rings. The number of nitrogens with zero attached hydrogens (tertiary/aromatic N) is 3. The summed E-state index contributed by atoms with van der Waals surface area (Å²) in [7, 11) is -4.88. The minimum absolute atomic E-state index is 0.141. The van der Waals surface area contributed by atoms with Crippen LogP contribution in [0.25, 0.3) is 0 Å². The van der Waals surface area contributed by atoms with Crippen molar-refractivity contribution in [3.63, 3.8) is 0 Å². The van der Waals surface area contributed by atoms with E-state index in [1.165, 1.54) is 6.07 Å². The number of piperidine rings is 1.